The maximum absolute atomic E-state index is 13.2. The number of benzene rings is 1. The Labute approximate surface area is 172 Å². The van der Waals surface area contributed by atoms with E-state index in [0.717, 1.165) is 31.0 Å². The minimum atomic E-state index is -0.517. The number of hydrogen-bond acceptors (Lipinski definition) is 5. The highest BCUT2D eigenvalue weighted by molar-refractivity contribution is 5.97. The van der Waals surface area contributed by atoms with Crippen LogP contribution in [0.2, 0.25) is 0 Å². The summed E-state index contributed by atoms with van der Waals surface area (Å²) < 4.78 is 5.29. The largest absolute Gasteiger partial charge is 0.360 e. The van der Waals surface area contributed by atoms with Crippen molar-refractivity contribution in [2.75, 3.05) is 26.2 Å². The van der Waals surface area contributed by atoms with E-state index >= 15 is 0 Å². The number of aromatic nitrogens is 1. The Kier molecular flexibility index (Phi) is 7.04. The zero-order valence-corrected chi connectivity index (χ0v) is 17.4. The number of carbonyl (C=O) groups is 2. The van der Waals surface area contributed by atoms with Crippen molar-refractivity contribution < 1.29 is 14.1 Å². The second kappa shape index (κ2) is 9.69. The molecular weight excluding hydrogens is 368 g/mol. The maximum Gasteiger partial charge on any atom is 0.251 e. The van der Waals surface area contributed by atoms with E-state index in [2.05, 4.69) is 15.4 Å². The molecule has 2 aromatic rings. The summed E-state index contributed by atoms with van der Waals surface area (Å²) in [6, 6.07) is 10.5. The van der Waals surface area contributed by atoms with E-state index < -0.39 is 6.04 Å². The fourth-order valence-corrected chi connectivity index (χ4v) is 3.53. The van der Waals surface area contributed by atoms with Crippen molar-refractivity contribution in [2.24, 2.45) is 5.92 Å². The zero-order chi connectivity index (χ0) is 20.8. The topological polar surface area (TPSA) is 78.7 Å². The molecule has 0 radical (unpaired) electrons. The van der Waals surface area contributed by atoms with Gasteiger partial charge in [0.25, 0.3) is 5.91 Å². The summed E-state index contributed by atoms with van der Waals surface area (Å²) in [4.78, 5) is 29.9. The lowest BCUT2D eigenvalue weighted by atomic mass is 9.97. The van der Waals surface area contributed by atoms with Crippen LogP contribution in [0.3, 0.4) is 0 Å². The smallest absolute Gasteiger partial charge is 0.251 e. The molecule has 156 valence electrons. The first-order valence-corrected chi connectivity index (χ1v) is 10.3. The van der Waals surface area contributed by atoms with E-state index in [9.17, 15) is 9.59 Å². The molecule has 2 heterocycles. The Morgan fingerprint density at radius 2 is 1.86 bits per heavy atom. The number of piperazine rings is 1. The van der Waals surface area contributed by atoms with Crippen molar-refractivity contribution in [2.45, 2.75) is 39.8 Å². The van der Waals surface area contributed by atoms with E-state index in [-0.39, 0.29) is 17.7 Å². The summed E-state index contributed by atoms with van der Waals surface area (Å²) in [5, 5.41) is 6.89. The van der Waals surface area contributed by atoms with Crippen LogP contribution in [-0.2, 0) is 11.3 Å². The van der Waals surface area contributed by atoms with Gasteiger partial charge in [0.1, 0.15) is 6.04 Å². The Morgan fingerprint density at radius 1 is 1.17 bits per heavy atom. The van der Waals surface area contributed by atoms with Crippen molar-refractivity contribution in [3.8, 4) is 0 Å². The van der Waals surface area contributed by atoms with Crippen LogP contribution in [0.1, 0.15) is 42.1 Å². The highest BCUT2D eigenvalue weighted by atomic mass is 16.5. The molecule has 3 rings (SSSR count). The van der Waals surface area contributed by atoms with Gasteiger partial charge in [-0.3, -0.25) is 14.5 Å². The summed E-state index contributed by atoms with van der Waals surface area (Å²) in [5.74, 6) is 0.697. The van der Waals surface area contributed by atoms with Gasteiger partial charge in [-0.1, -0.05) is 43.6 Å². The molecule has 1 aromatic heterocycles. The summed E-state index contributed by atoms with van der Waals surface area (Å²) in [5.41, 5.74) is 1.44. The van der Waals surface area contributed by atoms with Crippen LogP contribution in [0.15, 0.2) is 40.9 Å². The third-order valence-corrected chi connectivity index (χ3v) is 5.54. The lowest BCUT2D eigenvalue weighted by Crippen LogP contribution is -2.56. The number of carbonyl (C=O) groups excluding carboxylic acids is 2. The molecule has 1 aliphatic heterocycles. The standard InChI is InChI=1S/C22H30N4O3/c1-4-16(2)20(23-21(27)18-8-6-5-7-9-18)22(28)26-12-10-25(11-13-26)15-19-14-17(3)24-29-19/h5-9,14,16,20H,4,10-13,15H2,1-3H3,(H,23,27). The molecule has 1 saturated heterocycles. The monoisotopic (exact) mass is 398 g/mol. The lowest BCUT2D eigenvalue weighted by molar-refractivity contribution is -0.136. The third-order valence-electron chi connectivity index (χ3n) is 5.54. The number of hydrogen-bond donors (Lipinski definition) is 1. The fraction of sp³-hybridized carbons (Fsp3) is 0.500. The molecule has 7 heteroatoms. The minimum absolute atomic E-state index is 0.00112. The van der Waals surface area contributed by atoms with Crippen LogP contribution in [0.25, 0.3) is 0 Å². The molecule has 7 nitrogen and oxygen atoms in total. The van der Waals surface area contributed by atoms with Crippen molar-refractivity contribution in [1.82, 2.24) is 20.3 Å². The molecule has 1 aliphatic rings. The number of rotatable bonds is 7. The normalized spacial score (nSPS) is 17.0. The molecule has 0 bridgehead atoms. The number of nitrogens with zero attached hydrogens (tertiary/aromatic N) is 3. The molecule has 2 atom stereocenters. The van der Waals surface area contributed by atoms with Crippen molar-refractivity contribution in [1.29, 1.82) is 0 Å². The second-order valence-electron chi connectivity index (χ2n) is 7.74. The van der Waals surface area contributed by atoms with Crippen LogP contribution >= 0.6 is 0 Å². The van der Waals surface area contributed by atoms with Gasteiger partial charge in [-0.15, -0.1) is 0 Å². The molecule has 0 aliphatic carbocycles. The highest BCUT2D eigenvalue weighted by Crippen LogP contribution is 2.15. The van der Waals surface area contributed by atoms with Crippen LogP contribution in [0.4, 0.5) is 0 Å². The molecule has 0 saturated carbocycles. The van der Waals surface area contributed by atoms with Crippen LogP contribution < -0.4 is 5.32 Å². The second-order valence-corrected chi connectivity index (χ2v) is 7.74. The number of amides is 2. The van der Waals surface area contributed by atoms with Gasteiger partial charge < -0.3 is 14.7 Å². The molecule has 2 amide bonds. The van der Waals surface area contributed by atoms with Gasteiger partial charge in [-0.2, -0.15) is 0 Å². The van der Waals surface area contributed by atoms with Crippen molar-refractivity contribution >= 4 is 11.8 Å². The summed E-state index contributed by atoms with van der Waals surface area (Å²) in [6.45, 7) is 9.47. The van der Waals surface area contributed by atoms with Gasteiger partial charge in [-0.25, -0.2) is 0 Å². The van der Waals surface area contributed by atoms with Crippen LogP contribution in [-0.4, -0.2) is 59.0 Å². The molecule has 2 unspecified atom stereocenters. The first kappa shape index (κ1) is 21.0. The number of nitrogens with one attached hydrogen (secondary N) is 1. The Balaban J connectivity index is 1.59. The lowest BCUT2D eigenvalue weighted by Gasteiger charge is -2.37. The van der Waals surface area contributed by atoms with Gasteiger partial charge in [0.05, 0.1) is 12.2 Å². The predicted octanol–water partition coefficient (Wildman–Crippen LogP) is 2.47. The predicted molar refractivity (Wildman–Crippen MR) is 110 cm³/mol. The summed E-state index contributed by atoms with van der Waals surface area (Å²) >= 11 is 0. The molecule has 1 fully saturated rings. The van der Waals surface area contributed by atoms with E-state index in [1.165, 1.54) is 0 Å². The Hall–Kier alpha value is -2.67. The van der Waals surface area contributed by atoms with Gasteiger partial charge in [0.15, 0.2) is 5.76 Å². The van der Waals surface area contributed by atoms with Crippen LogP contribution in [0, 0.1) is 12.8 Å². The Morgan fingerprint density at radius 3 is 2.45 bits per heavy atom. The van der Waals surface area contributed by atoms with Gasteiger partial charge in [0.2, 0.25) is 5.91 Å². The average molecular weight is 399 g/mol. The molecule has 1 aromatic carbocycles. The number of aryl methyl sites for hydroxylation is 1. The van der Waals surface area contributed by atoms with Gasteiger partial charge >= 0.3 is 0 Å². The molecule has 1 N–H and O–H groups in total. The quantitative estimate of drug-likeness (QED) is 0.775. The van der Waals surface area contributed by atoms with E-state index in [1.54, 1.807) is 12.1 Å². The SMILES string of the molecule is CCC(C)C(NC(=O)c1ccccc1)C(=O)N1CCN(Cc2cc(C)no2)CC1. The zero-order valence-electron chi connectivity index (χ0n) is 17.4. The maximum atomic E-state index is 13.2. The van der Waals surface area contributed by atoms with E-state index in [0.29, 0.717) is 25.2 Å². The third kappa shape index (κ3) is 5.44. The first-order valence-electron chi connectivity index (χ1n) is 10.3. The first-order chi connectivity index (χ1) is 14.0. The molecule has 29 heavy (non-hydrogen) atoms. The van der Waals surface area contributed by atoms with Crippen molar-refractivity contribution in [3.63, 3.8) is 0 Å². The average Bonchev–Trinajstić information content (AvgIpc) is 3.16. The van der Waals surface area contributed by atoms with Crippen LogP contribution in [0.5, 0.6) is 0 Å². The van der Waals surface area contributed by atoms with Gasteiger partial charge in [0, 0.05) is 37.8 Å². The summed E-state index contributed by atoms with van der Waals surface area (Å²) in [7, 11) is 0. The van der Waals surface area contributed by atoms with E-state index in [1.807, 2.05) is 49.9 Å². The van der Waals surface area contributed by atoms with E-state index in [4.69, 9.17) is 4.52 Å². The Bertz CT molecular complexity index is 812. The highest BCUT2D eigenvalue weighted by Gasteiger charge is 2.32. The molecular formula is C22H30N4O3. The fourth-order valence-electron chi connectivity index (χ4n) is 3.53. The minimum Gasteiger partial charge on any atom is -0.360 e. The van der Waals surface area contributed by atoms with Crippen molar-refractivity contribution in [3.05, 3.63) is 53.4 Å². The van der Waals surface area contributed by atoms with Gasteiger partial charge in [-0.05, 0) is 25.0 Å². The summed E-state index contributed by atoms with van der Waals surface area (Å²) in [6.07, 6.45) is 0.816. The molecule has 0 spiro atoms.